The summed E-state index contributed by atoms with van der Waals surface area (Å²) < 4.78 is 10.5. The molecule has 0 spiro atoms. The Labute approximate surface area is 143 Å². The van der Waals surface area contributed by atoms with Crippen molar-refractivity contribution in [2.75, 3.05) is 38.7 Å². The normalized spacial score (nSPS) is 10.2. The van der Waals surface area contributed by atoms with E-state index in [0.717, 1.165) is 0 Å². The maximum absolute atomic E-state index is 11.7. The third-order valence-corrected chi connectivity index (χ3v) is 2.85. The molecule has 7 heteroatoms. The second kappa shape index (κ2) is 11.5. The minimum Gasteiger partial charge on any atom is -0.492 e. The van der Waals surface area contributed by atoms with Crippen molar-refractivity contribution in [3.63, 3.8) is 0 Å². The number of amides is 1. The molecular formula is C15H24Cl2N2O3. The topological polar surface area (TPSA) is 59.6 Å². The van der Waals surface area contributed by atoms with Gasteiger partial charge in [0.25, 0.3) is 0 Å². The van der Waals surface area contributed by atoms with Gasteiger partial charge in [-0.2, -0.15) is 0 Å². The lowest BCUT2D eigenvalue weighted by atomic mass is 10.2. The molecule has 0 aliphatic rings. The minimum absolute atomic E-state index is 0. The van der Waals surface area contributed by atoms with Crippen molar-refractivity contribution >= 4 is 35.6 Å². The number of carbonyl (C=O) groups is 1. The number of rotatable bonds is 9. The number of carbonyl (C=O) groups excluding carboxylic acids is 1. The predicted octanol–water partition coefficient (Wildman–Crippen LogP) is 2.97. The van der Waals surface area contributed by atoms with Crippen LogP contribution in [0.4, 0.5) is 5.69 Å². The summed E-state index contributed by atoms with van der Waals surface area (Å²) in [6.45, 7) is 6.17. The molecule has 0 aliphatic heterocycles. The fourth-order valence-corrected chi connectivity index (χ4v) is 1.77. The second-order valence-electron chi connectivity index (χ2n) is 5.07. The van der Waals surface area contributed by atoms with E-state index in [-0.39, 0.29) is 24.9 Å². The molecule has 0 bridgehead atoms. The van der Waals surface area contributed by atoms with Gasteiger partial charge in [-0.15, -0.1) is 12.4 Å². The molecule has 1 aromatic rings. The van der Waals surface area contributed by atoms with E-state index in [4.69, 9.17) is 21.1 Å². The van der Waals surface area contributed by atoms with Gasteiger partial charge in [0.2, 0.25) is 5.91 Å². The zero-order valence-electron chi connectivity index (χ0n) is 13.1. The number of anilines is 1. The van der Waals surface area contributed by atoms with Crippen molar-refractivity contribution in [1.29, 1.82) is 0 Å². The summed E-state index contributed by atoms with van der Waals surface area (Å²) in [5, 5.41) is 6.23. The molecule has 0 fully saturated rings. The lowest BCUT2D eigenvalue weighted by molar-refractivity contribution is -0.115. The quantitative estimate of drug-likeness (QED) is 0.672. The number of nitrogens with one attached hydrogen (secondary N) is 2. The maximum atomic E-state index is 11.7. The average Bonchev–Trinajstić information content (AvgIpc) is 2.42. The molecule has 1 amide bonds. The summed E-state index contributed by atoms with van der Waals surface area (Å²) in [7, 11) is 1.62. The first kappa shape index (κ1) is 21.0. The van der Waals surface area contributed by atoms with Crippen LogP contribution in [0.3, 0.4) is 0 Å². The predicted molar refractivity (Wildman–Crippen MR) is 92.4 cm³/mol. The van der Waals surface area contributed by atoms with Crippen LogP contribution in [-0.4, -0.2) is 39.3 Å². The standard InChI is InChI=1S/C15H23ClN2O3.ClH/c1-11(2)10-21-14-5-4-12(8-13(14)16)18-15(19)9-17-6-7-20-3;/h4-5,8,11,17H,6-7,9-10H2,1-3H3,(H,18,19);1H. The SMILES string of the molecule is COCCNCC(=O)Nc1ccc(OCC(C)C)c(Cl)c1.Cl. The minimum atomic E-state index is -0.127. The van der Waals surface area contributed by atoms with Crippen LogP contribution in [0, 0.1) is 5.92 Å². The molecule has 0 unspecified atom stereocenters. The van der Waals surface area contributed by atoms with Crippen molar-refractivity contribution in [2.45, 2.75) is 13.8 Å². The highest BCUT2D eigenvalue weighted by Gasteiger charge is 2.07. The molecule has 0 aliphatic carbocycles. The van der Waals surface area contributed by atoms with Crippen molar-refractivity contribution in [3.05, 3.63) is 23.2 Å². The van der Waals surface area contributed by atoms with Gasteiger partial charge < -0.3 is 20.1 Å². The van der Waals surface area contributed by atoms with E-state index in [1.54, 1.807) is 25.3 Å². The van der Waals surface area contributed by atoms with Gasteiger partial charge in [0, 0.05) is 19.3 Å². The van der Waals surface area contributed by atoms with Crippen molar-refractivity contribution in [1.82, 2.24) is 5.32 Å². The number of halogens is 2. The summed E-state index contributed by atoms with van der Waals surface area (Å²) in [6, 6.07) is 5.22. The monoisotopic (exact) mass is 350 g/mol. The van der Waals surface area contributed by atoms with E-state index >= 15 is 0 Å². The molecule has 0 heterocycles. The molecule has 0 aromatic heterocycles. The van der Waals surface area contributed by atoms with Crippen LogP contribution in [0.5, 0.6) is 5.75 Å². The fourth-order valence-electron chi connectivity index (χ4n) is 1.53. The molecule has 1 rings (SSSR count). The van der Waals surface area contributed by atoms with Gasteiger partial charge in [-0.3, -0.25) is 4.79 Å². The Morgan fingerprint density at radius 3 is 2.68 bits per heavy atom. The summed E-state index contributed by atoms with van der Waals surface area (Å²) in [5.41, 5.74) is 0.649. The molecule has 5 nitrogen and oxygen atoms in total. The molecule has 0 saturated heterocycles. The average molecular weight is 351 g/mol. The highest BCUT2D eigenvalue weighted by molar-refractivity contribution is 6.32. The van der Waals surface area contributed by atoms with Gasteiger partial charge in [0.15, 0.2) is 0 Å². The lowest BCUT2D eigenvalue weighted by Gasteiger charge is -2.12. The third kappa shape index (κ3) is 8.44. The van der Waals surface area contributed by atoms with E-state index in [1.807, 2.05) is 0 Å². The van der Waals surface area contributed by atoms with E-state index in [2.05, 4.69) is 24.5 Å². The van der Waals surface area contributed by atoms with Gasteiger partial charge in [0.1, 0.15) is 5.75 Å². The van der Waals surface area contributed by atoms with Crippen molar-refractivity contribution in [3.8, 4) is 5.75 Å². The Morgan fingerprint density at radius 1 is 1.36 bits per heavy atom. The molecular weight excluding hydrogens is 327 g/mol. The molecule has 0 radical (unpaired) electrons. The summed E-state index contributed by atoms with van der Waals surface area (Å²) >= 11 is 6.13. The van der Waals surface area contributed by atoms with Crippen LogP contribution in [0.2, 0.25) is 5.02 Å². The van der Waals surface area contributed by atoms with Crippen molar-refractivity contribution in [2.24, 2.45) is 5.92 Å². The first-order chi connectivity index (χ1) is 10.0. The Balaban J connectivity index is 0.00000441. The van der Waals surface area contributed by atoms with Crippen LogP contribution < -0.4 is 15.4 Å². The zero-order chi connectivity index (χ0) is 15.7. The van der Waals surface area contributed by atoms with Gasteiger partial charge in [0.05, 0.1) is 24.8 Å². The first-order valence-corrected chi connectivity index (χ1v) is 7.32. The number of ether oxygens (including phenoxy) is 2. The Bertz CT molecular complexity index is 456. The number of methoxy groups -OCH3 is 1. The van der Waals surface area contributed by atoms with E-state index in [0.29, 0.717) is 42.1 Å². The van der Waals surface area contributed by atoms with E-state index in [1.165, 1.54) is 0 Å². The van der Waals surface area contributed by atoms with Crippen LogP contribution in [-0.2, 0) is 9.53 Å². The molecule has 126 valence electrons. The second-order valence-corrected chi connectivity index (χ2v) is 5.48. The van der Waals surface area contributed by atoms with Gasteiger partial charge in [-0.05, 0) is 24.1 Å². The largest absolute Gasteiger partial charge is 0.492 e. The molecule has 0 saturated carbocycles. The van der Waals surface area contributed by atoms with E-state index in [9.17, 15) is 4.79 Å². The van der Waals surface area contributed by atoms with Crippen LogP contribution in [0.25, 0.3) is 0 Å². The number of hydrogen-bond donors (Lipinski definition) is 2. The number of hydrogen-bond acceptors (Lipinski definition) is 4. The number of benzene rings is 1. The fraction of sp³-hybridized carbons (Fsp3) is 0.533. The highest BCUT2D eigenvalue weighted by Crippen LogP contribution is 2.28. The highest BCUT2D eigenvalue weighted by atomic mass is 35.5. The molecule has 0 atom stereocenters. The lowest BCUT2D eigenvalue weighted by Crippen LogP contribution is -2.30. The van der Waals surface area contributed by atoms with Crippen molar-refractivity contribution < 1.29 is 14.3 Å². The van der Waals surface area contributed by atoms with Crippen LogP contribution in [0.15, 0.2) is 18.2 Å². The Morgan fingerprint density at radius 2 is 2.09 bits per heavy atom. The Hall–Kier alpha value is -1.01. The first-order valence-electron chi connectivity index (χ1n) is 6.94. The molecule has 22 heavy (non-hydrogen) atoms. The summed E-state index contributed by atoms with van der Waals surface area (Å²) in [4.78, 5) is 11.7. The maximum Gasteiger partial charge on any atom is 0.238 e. The smallest absolute Gasteiger partial charge is 0.238 e. The Kier molecular flexibility index (Phi) is 11.0. The zero-order valence-corrected chi connectivity index (χ0v) is 14.7. The summed E-state index contributed by atoms with van der Waals surface area (Å²) in [5.74, 6) is 0.929. The molecule has 1 aromatic carbocycles. The van der Waals surface area contributed by atoms with Gasteiger partial charge in [-0.25, -0.2) is 0 Å². The van der Waals surface area contributed by atoms with E-state index < -0.39 is 0 Å². The van der Waals surface area contributed by atoms with Crippen LogP contribution >= 0.6 is 24.0 Å². The van der Waals surface area contributed by atoms with Gasteiger partial charge in [-0.1, -0.05) is 25.4 Å². The third-order valence-electron chi connectivity index (χ3n) is 2.56. The summed E-state index contributed by atoms with van der Waals surface area (Å²) in [6.07, 6.45) is 0. The van der Waals surface area contributed by atoms with Crippen LogP contribution in [0.1, 0.15) is 13.8 Å². The van der Waals surface area contributed by atoms with Gasteiger partial charge >= 0.3 is 0 Å². The molecule has 2 N–H and O–H groups in total.